The number of amides is 2. The summed E-state index contributed by atoms with van der Waals surface area (Å²) in [4.78, 5) is 36.3. The lowest BCUT2D eigenvalue weighted by Crippen LogP contribution is -2.42. The zero-order valence-electron chi connectivity index (χ0n) is 24.0. The first kappa shape index (κ1) is 27.4. The highest BCUT2D eigenvalue weighted by Gasteiger charge is 2.21. The smallest absolute Gasteiger partial charge is 0.239 e. The van der Waals surface area contributed by atoms with Crippen molar-refractivity contribution in [3.05, 3.63) is 95.1 Å². The van der Waals surface area contributed by atoms with E-state index in [1.807, 2.05) is 60.0 Å². The fourth-order valence-corrected chi connectivity index (χ4v) is 5.73. The van der Waals surface area contributed by atoms with Crippen LogP contribution in [0.5, 0.6) is 11.5 Å². The summed E-state index contributed by atoms with van der Waals surface area (Å²) in [6, 6.07) is 18.2. The Balaban J connectivity index is 1.26. The lowest BCUT2D eigenvalue weighted by Gasteiger charge is -2.23. The summed E-state index contributed by atoms with van der Waals surface area (Å²) in [6.07, 6.45) is 5.72. The minimum absolute atomic E-state index is 0.0197. The maximum absolute atomic E-state index is 13.5. The molecule has 9 nitrogen and oxygen atoms in total. The van der Waals surface area contributed by atoms with Crippen LogP contribution in [-0.2, 0) is 28.9 Å². The molecule has 0 fully saturated rings. The molecule has 6 rings (SSSR count). The number of methoxy groups -OCH3 is 1. The molecular formula is C33H35N5O4. The highest BCUT2D eigenvalue weighted by Crippen LogP contribution is 2.31. The van der Waals surface area contributed by atoms with E-state index in [0.717, 1.165) is 39.1 Å². The average Bonchev–Trinajstić information content (AvgIpc) is 3.56. The molecule has 0 atom stereocenters. The summed E-state index contributed by atoms with van der Waals surface area (Å²) in [7, 11) is 1.63. The molecular weight excluding hydrogens is 530 g/mol. The fourth-order valence-electron chi connectivity index (χ4n) is 5.73. The molecule has 2 aromatic carbocycles. The number of para-hydroxylation sites is 1. The van der Waals surface area contributed by atoms with Crippen molar-refractivity contribution in [2.24, 2.45) is 0 Å². The molecule has 0 spiro atoms. The summed E-state index contributed by atoms with van der Waals surface area (Å²) in [5, 5.41) is 4.20. The zero-order chi connectivity index (χ0) is 29.1. The van der Waals surface area contributed by atoms with Crippen LogP contribution in [0.25, 0.3) is 16.6 Å². The minimum Gasteiger partial charge on any atom is -0.493 e. The third kappa shape index (κ3) is 5.68. The molecule has 9 heteroatoms. The number of aromatic nitrogens is 3. The molecule has 5 aromatic rings. The number of rotatable bonds is 3. The minimum atomic E-state index is -0.182. The lowest BCUT2D eigenvalue weighted by atomic mass is 10.0. The van der Waals surface area contributed by atoms with E-state index < -0.39 is 0 Å². The van der Waals surface area contributed by atoms with Gasteiger partial charge in [-0.3, -0.25) is 9.59 Å². The van der Waals surface area contributed by atoms with Crippen molar-refractivity contribution in [2.75, 3.05) is 33.4 Å². The first-order valence-corrected chi connectivity index (χ1v) is 14.3. The fraction of sp³-hybridized carbons (Fsp3) is 0.303. The summed E-state index contributed by atoms with van der Waals surface area (Å²) < 4.78 is 13.7. The predicted molar refractivity (Wildman–Crippen MR) is 161 cm³/mol. The zero-order valence-corrected chi connectivity index (χ0v) is 24.0. The molecule has 2 bridgehead atoms. The number of ether oxygens (including phenoxy) is 2. The van der Waals surface area contributed by atoms with E-state index in [9.17, 15) is 9.59 Å². The monoisotopic (exact) mass is 565 g/mol. The number of pyridine rings is 1. The van der Waals surface area contributed by atoms with E-state index >= 15 is 0 Å². The van der Waals surface area contributed by atoms with Crippen LogP contribution in [0.15, 0.2) is 67.0 Å². The Kier molecular flexibility index (Phi) is 7.81. The van der Waals surface area contributed by atoms with Gasteiger partial charge < -0.3 is 29.1 Å². The SMILES string of the molecule is COc1ccc2cc1OCCCN(C(=O)Cc1cnc3c(C)cccn13)CC(=O)NCCc1c([nH]c3ccccc13)C2. The molecule has 0 radical (unpaired) electrons. The third-order valence-corrected chi connectivity index (χ3v) is 7.87. The van der Waals surface area contributed by atoms with Crippen molar-refractivity contribution >= 4 is 28.4 Å². The number of carbonyl (C=O) groups excluding carboxylic acids is 2. The lowest BCUT2D eigenvalue weighted by molar-refractivity contribution is -0.135. The van der Waals surface area contributed by atoms with Crippen LogP contribution < -0.4 is 14.8 Å². The molecule has 1 aliphatic rings. The standard InChI is InChI=1S/C33H35N5O4/c1-22-7-5-15-38-24(20-35-33(22)38)19-32(40)37-14-6-16-42-30-18-23(10-11-29(30)41-2)17-28-26(12-13-34-31(39)21-37)25-8-3-4-9-27(25)36-28/h3-5,7-11,15,18,20,36H,6,12-14,16-17,19,21H2,1-2H3,(H,34,39). The molecule has 3 aromatic heterocycles. The normalized spacial score (nSPS) is 14.8. The van der Waals surface area contributed by atoms with Crippen molar-refractivity contribution in [3.63, 3.8) is 0 Å². The van der Waals surface area contributed by atoms with Crippen LogP contribution in [0.2, 0.25) is 0 Å². The number of H-pyrrole nitrogens is 1. The summed E-state index contributed by atoms with van der Waals surface area (Å²) in [6.45, 7) is 3.20. The van der Waals surface area contributed by atoms with Gasteiger partial charge in [0.05, 0.1) is 32.4 Å². The summed E-state index contributed by atoms with van der Waals surface area (Å²) in [5.41, 5.74) is 7.09. The second-order valence-electron chi connectivity index (χ2n) is 10.7. The van der Waals surface area contributed by atoms with Gasteiger partial charge in [0.1, 0.15) is 5.65 Å². The first-order valence-electron chi connectivity index (χ1n) is 14.3. The van der Waals surface area contributed by atoms with Gasteiger partial charge in [0.15, 0.2) is 11.5 Å². The molecule has 4 heterocycles. The van der Waals surface area contributed by atoms with E-state index in [2.05, 4.69) is 27.4 Å². The Bertz CT molecular complexity index is 1750. The van der Waals surface area contributed by atoms with Gasteiger partial charge >= 0.3 is 0 Å². The number of fused-ring (bicyclic) bond motifs is 6. The Morgan fingerprint density at radius 1 is 1.14 bits per heavy atom. The highest BCUT2D eigenvalue weighted by molar-refractivity contribution is 5.86. The number of benzene rings is 2. The van der Waals surface area contributed by atoms with E-state index in [1.54, 1.807) is 18.2 Å². The number of aromatic amines is 1. The summed E-state index contributed by atoms with van der Waals surface area (Å²) >= 11 is 0. The predicted octanol–water partition coefficient (Wildman–Crippen LogP) is 4.24. The van der Waals surface area contributed by atoms with E-state index in [0.29, 0.717) is 50.5 Å². The van der Waals surface area contributed by atoms with Crippen LogP contribution in [0.1, 0.15) is 34.5 Å². The van der Waals surface area contributed by atoms with E-state index in [-0.39, 0.29) is 24.8 Å². The van der Waals surface area contributed by atoms with E-state index in [1.165, 1.54) is 5.56 Å². The van der Waals surface area contributed by atoms with Gasteiger partial charge in [0.2, 0.25) is 11.8 Å². The maximum atomic E-state index is 13.5. The first-order chi connectivity index (χ1) is 20.5. The maximum Gasteiger partial charge on any atom is 0.239 e. The van der Waals surface area contributed by atoms with Gasteiger partial charge in [-0.2, -0.15) is 0 Å². The van der Waals surface area contributed by atoms with E-state index in [4.69, 9.17) is 9.47 Å². The number of aryl methyl sites for hydroxylation is 1. The van der Waals surface area contributed by atoms with Gasteiger partial charge in [0, 0.05) is 48.5 Å². The molecule has 2 amide bonds. The number of nitrogens with one attached hydrogen (secondary N) is 2. The number of imidazole rings is 1. The second kappa shape index (κ2) is 12.0. The number of carbonyl (C=O) groups is 2. The quantitative estimate of drug-likeness (QED) is 0.341. The summed E-state index contributed by atoms with van der Waals surface area (Å²) in [5.74, 6) is 1.01. The second-order valence-corrected chi connectivity index (χ2v) is 10.7. The Labute approximate surface area is 244 Å². The van der Waals surface area contributed by atoms with Crippen molar-refractivity contribution < 1.29 is 19.1 Å². The van der Waals surface area contributed by atoms with Crippen LogP contribution in [0.3, 0.4) is 0 Å². The molecule has 0 unspecified atom stereocenters. The van der Waals surface area contributed by atoms with Gasteiger partial charge in [-0.15, -0.1) is 0 Å². The van der Waals surface area contributed by atoms with Crippen LogP contribution in [0.4, 0.5) is 0 Å². The van der Waals surface area contributed by atoms with Crippen molar-refractivity contribution in [1.29, 1.82) is 0 Å². The number of hydrogen-bond acceptors (Lipinski definition) is 5. The number of hydrogen-bond donors (Lipinski definition) is 2. The van der Waals surface area contributed by atoms with Crippen molar-refractivity contribution in [3.8, 4) is 11.5 Å². The molecule has 42 heavy (non-hydrogen) atoms. The number of nitrogens with zero attached hydrogens (tertiary/aromatic N) is 3. The van der Waals surface area contributed by atoms with Crippen LogP contribution in [-0.4, -0.2) is 64.4 Å². The van der Waals surface area contributed by atoms with Crippen molar-refractivity contribution in [1.82, 2.24) is 24.6 Å². The molecule has 2 N–H and O–H groups in total. The Morgan fingerprint density at radius 3 is 2.90 bits per heavy atom. The Morgan fingerprint density at radius 2 is 2.02 bits per heavy atom. The topological polar surface area (TPSA) is 101 Å². The van der Waals surface area contributed by atoms with Gasteiger partial charge in [-0.25, -0.2) is 4.98 Å². The third-order valence-electron chi connectivity index (χ3n) is 7.87. The molecule has 0 saturated carbocycles. The van der Waals surface area contributed by atoms with Gasteiger partial charge in [-0.05, 0) is 60.7 Å². The van der Waals surface area contributed by atoms with Crippen LogP contribution >= 0.6 is 0 Å². The molecule has 1 aliphatic heterocycles. The molecule has 216 valence electrons. The van der Waals surface area contributed by atoms with Gasteiger partial charge in [0.25, 0.3) is 0 Å². The Hall–Kier alpha value is -4.79. The molecule has 0 aliphatic carbocycles. The molecule has 0 saturated heterocycles. The van der Waals surface area contributed by atoms with Crippen molar-refractivity contribution in [2.45, 2.75) is 32.6 Å². The largest absolute Gasteiger partial charge is 0.493 e. The average molecular weight is 566 g/mol. The highest BCUT2D eigenvalue weighted by atomic mass is 16.5. The van der Waals surface area contributed by atoms with Gasteiger partial charge in [-0.1, -0.05) is 30.3 Å². The van der Waals surface area contributed by atoms with Crippen LogP contribution in [0, 0.1) is 6.92 Å².